The van der Waals surface area contributed by atoms with Gasteiger partial charge in [0.1, 0.15) is 0 Å². The second kappa shape index (κ2) is 10.2. The molecule has 0 nitrogen and oxygen atoms in total. The van der Waals surface area contributed by atoms with Crippen LogP contribution >= 0.6 is 0 Å². The number of hydrogen-bond donors (Lipinski definition) is 0. The van der Waals surface area contributed by atoms with Gasteiger partial charge in [0.05, 0.1) is 0 Å². The lowest BCUT2D eigenvalue weighted by atomic mass is 9.68. The Morgan fingerprint density at radius 3 is 2.56 bits per heavy atom. The SMILES string of the molecule is C=C(C)Cc1ccc(C2C(C(=C)CCC)=C(C)C=C3C/C(=C/C4=CC=CC4)C(=C)C32)cc1CC. The van der Waals surface area contributed by atoms with E-state index in [1.807, 2.05) is 0 Å². The van der Waals surface area contributed by atoms with Crippen LogP contribution in [0, 0.1) is 5.92 Å². The molecule has 176 valence electrons. The smallest absolute Gasteiger partial charge is 0.0201 e. The third kappa shape index (κ3) is 4.69. The van der Waals surface area contributed by atoms with E-state index in [0.29, 0.717) is 5.92 Å². The predicted molar refractivity (Wildman–Crippen MR) is 149 cm³/mol. The maximum atomic E-state index is 4.68. The highest BCUT2D eigenvalue weighted by Crippen LogP contribution is 2.55. The summed E-state index contributed by atoms with van der Waals surface area (Å²) in [5, 5.41) is 0. The maximum absolute atomic E-state index is 4.68. The van der Waals surface area contributed by atoms with Gasteiger partial charge < -0.3 is 0 Å². The van der Waals surface area contributed by atoms with Crippen LogP contribution < -0.4 is 0 Å². The molecule has 0 heteroatoms. The molecule has 2 unspecified atom stereocenters. The van der Waals surface area contributed by atoms with Crippen LogP contribution in [-0.4, -0.2) is 0 Å². The fourth-order valence-electron chi connectivity index (χ4n) is 6.09. The minimum Gasteiger partial charge on any atom is -0.0998 e. The van der Waals surface area contributed by atoms with Crippen LogP contribution in [0.4, 0.5) is 0 Å². The summed E-state index contributed by atoms with van der Waals surface area (Å²) in [6, 6.07) is 7.19. The zero-order valence-corrected chi connectivity index (χ0v) is 21.6. The minimum atomic E-state index is 0.289. The molecule has 4 rings (SSSR count). The van der Waals surface area contributed by atoms with Crippen molar-refractivity contribution in [2.24, 2.45) is 5.92 Å². The Hall–Kier alpha value is -2.86. The van der Waals surface area contributed by atoms with Gasteiger partial charge in [0.25, 0.3) is 0 Å². The van der Waals surface area contributed by atoms with Crippen molar-refractivity contribution in [3.63, 3.8) is 0 Å². The molecule has 0 bridgehead atoms. The molecule has 1 aromatic carbocycles. The van der Waals surface area contributed by atoms with Crippen molar-refractivity contribution in [3.8, 4) is 0 Å². The van der Waals surface area contributed by atoms with Gasteiger partial charge in [0.2, 0.25) is 0 Å². The molecule has 2 atom stereocenters. The Bertz CT molecular complexity index is 1180. The standard InChI is InChI=1S/C34H40/c1-8-12-23(5)32-24(6)18-31-21-30(19-26-13-10-11-14-26)25(7)33(31)34(32)29-16-15-28(17-22(3)4)27(9-2)20-29/h10-11,13,15-16,18-20,33-34H,3,5,7-9,12,14,17,21H2,1-2,4,6H3/b30-19-. The molecule has 0 amide bonds. The topological polar surface area (TPSA) is 0 Å². The highest BCUT2D eigenvalue weighted by molar-refractivity contribution is 5.61. The predicted octanol–water partition coefficient (Wildman–Crippen LogP) is 9.45. The summed E-state index contributed by atoms with van der Waals surface area (Å²) in [5.74, 6) is 0.613. The molecule has 1 aromatic rings. The van der Waals surface area contributed by atoms with Gasteiger partial charge in [-0.3, -0.25) is 0 Å². The summed E-state index contributed by atoms with van der Waals surface area (Å²) < 4.78 is 0. The second-order valence-electron chi connectivity index (χ2n) is 10.4. The summed E-state index contributed by atoms with van der Waals surface area (Å²) in [6.07, 6.45) is 17.7. The molecule has 0 spiro atoms. The molecule has 0 aromatic heterocycles. The van der Waals surface area contributed by atoms with E-state index in [1.54, 1.807) is 0 Å². The fraction of sp³-hybridized carbons (Fsp3) is 0.353. The van der Waals surface area contributed by atoms with E-state index >= 15 is 0 Å². The first-order valence-corrected chi connectivity index (χ1v) is 12.9. The number of hydrogen-bond acceptors (Lipinski definition) is 0. The van der Waals surface area contributed by atoms with Gasteiger partial charge in [0, 0.05) is 11.8 Å². The average molecular weight is 449 g/mol. The van der Waals surface area contributed by atoms with Crippen molar-refractivity contribution in [2.45, 2.75) is 72.1 Å². The first kappa shape index (κ1) is 24.3. The van der Waals surface area contributed by atoms with Crippen LogP contribution in [0.25, 0.3) is 0 Å². The van der Waals surface area contributed by atoms with Crippen LogP contribution in [0.3, 0.4) is 0 Å². The van der Waals surface area contributed by atoms with E-state index in [9.17, 15) is 0 Å². The summed E-state index contributed by atoms with van der Waals surface area (Å²) >= 11 is 0. The summed E-state index contributed by atoms with van der Waals surface area (Å²) in [5.41, 5.74) is 15.2. The molecule has 0 aliphatic heterocycles. The molecule has 3 aliphatic carbocycles. The van der Waals surface area contributed by atoms with Crippen LogP contribution in [0.5, 0.6) is 0 Å². The van der Waals surface area contributed by atoms with Gasteiger partial charge in [-0.1, -0.05) is 105 Å². The second-order valence-corrected chi connectivity index (χ2v) is 10.4. The van der Waals surface area contributed by atoms with Crippen molar-refractivity contribution >= 4 is 0 Å². The fourth-order valence-corrected chi connectivity index (χ4v) is 6.09. The van der Waals surface area contributed by atoms with E-state index in [0.717, 1.165) is 38.5 Å². The molecular formula is C34H40. The van der Waals surface area contributed by atoms with Crippen molar-refractivity contribution in [1.29, 1.82) is 0 Å². The van der Waals surface area contributed by atoms with E-state index in [4.69, 9.17) is 0 Å². The van der Waals surface area contributed by atoms with E-state index < -0.39 is 0 Å². The van der Waals surface area contributed by atoms with Gasteiger partial charge in [-0.25, -0.2) is 0 Å². The van der Waals surface area contributed by atoms with E-state index in [1.165, 1.54) is 61.3 Å². The van der Waals surface area contributed by atoms with Gasteiger partial charge in [0.15, 0.2) is 0 Å². The normalized spacial score (nSPS) is 22.8. The molecule has 1 fully saturated rings. The van der Waals surface area contributed by atoms with Crippen molar-refractivity contribution in [2.75, 3.05) is 0 Å². The molecule has 3 aliphatic rings. The van der Waals surface area contributed by atoms with Gasteiger partial charge in [-0.15, -0.1) is 0 Å². The zero-order valence-electron chi connectivity index (χ0n) is 21.6. The average Bonchev–Trinajstić information content (AvgIpc) is 3.41. The first-order valence-electron chi connectivity index (χ1n) is 12.9. The Morgan fingerprint density at radius 1 is 1.12 bits per heavy atom. The molecule has 0 saturated heterocycles. The molecule has 34 heavy (non-hydrogen) atoms. The zero-order chi connectivity index (χ0) is 24.4. The largest absolute Gasteiger partial charge is 0.0998 e. The lowest BCUT2D eigenvalue weighted by Gasteiger charge is -2.35. The van der Waals surface area contributed by atoms with Crippen molar-refractivity contribution in [1.82, 2.24) is 0 Å². The van der Waals surface area contributed by atoms with Crippen LogP contribution in [0.15, 0.2) is 113 Å². The van der Waals surface area contributed by atoms with Crippen molar-refractivity contribution < 1.29 is 0 Å². The number of allylic oxidation sites excluding steroid dienone is 13. The van der Waals surface area contributed by atoms with Gasteiger partial charge in [-0.2, -0.15) is 0 Å². The number of aryl methyl sites for hydroxylation is 1. The van der Waals surface area contributed by atoms with Crippen molar-refractivity contribution in [3.05, 3.63) is 130 Å². The maximum Gasteiger partial charge on any atom is 0.0201 e. The third-order valence-corrected chi connectivity index (χ3v) is 7.61. The summed E-state index contributed by atoms with van der Waals surface area (Å²) in [6.45, 7) is 22.3. The number of rotatable bonds is 8. The summed E-state index contributed by atoms with van der Waals surface area (Å²) in [4.78, 5) is 0. The lowest BCUT2D eigenvalue weighted by molar-refractivity contribution is 0.618. The number of fused-ring (bicyclic) bond motifs is 1. The van der Waals surface area contributed by atoms with Crippen LogP contribution in [-0.2, 0) is 12.8 Å². The minimum absolute atomic E-state index is 0.289. The molecule has 0 radical (unpaired) electrons. The quantitative estimate of drug-likeness (QED) is 0.347. The first-order chi connectivity index (χ1) is 16.3. The van der Waals surface area contributed by atoms with Gasteiger partial charge >= 0.3 is 0 Å². The Morgan fingerprint density at radius 2 is 1.91 bits per heavy atom. The van der Waals surface area contributed by atoms with Gasteiger partial charge in [-0.05, 0) is 90.5 Å². The Kier molecular flexibility index (Phi) is 7.27. The highest BCUT2D eigenvalue weighted by atomic mass is 14.4. The van der Waals surface area contributed by atoms with E-state index in [2.05, 4.69) is 96.0 Å². The Balaban J connectivity index is 1.81. The van der Waals surface area contributed by atoms with Crippen LogP contribution in [0.2, 0.25) is 0 Å². The monoisotopic (exact) mass is 448 g/mol. The molecular weight excluding hydrogens is 408 g/mol. The van der Waals surface area contributed by atoms with E-state index in [-0.39, 0.29) is 5.92 Å². The lowest BCUT2D eigenvalue weighted by Crippen LogP contribution is -2.21. The molecule has 0 N–H and O–H groups in total. The summed E-state index contributed by atoms with van der Waals surface area (Å²) in [7, 11) is 0. The van der Waals surface area contributed by atoms with Crippen LogP contribution in [0.1, 0.15) is 76.0 Å². The highest BCUT2D eigenvalue weighted by Gasteiger charge is 2.41. The molecule has 1 saturated carbocycles. The number of benzene rings is 1. The Labute approximate surface area is 207 Å². The third-order valence-electron chi connectivity index (χ3n) is 7.61. The molecule has 0 heterocycles.